The van der Waals surface area contributed by atoms with Gasteiger partial charge in [0.2, 0.25) is 5.89 Å². The molecule has 1 aliphatic carbocycles. The van der Waals surface area contributed by atoms with Crippen LogP contribution >= 0.6 is 0 Å². The molecule has 1 N–H and O–H groups in total. The number of aromatic nitrogens is 2. The average Bonchev–Trinajstić information content (AvgIpc) is 3.42. The van der Waals surface area contributed by atoms with Crippen LogP contribution in [0, 0.1) is 5.92 Å². The highest BCUT2D eigenvalue weighted by Gasteiger charge is 2.32. The van der Waals surface area contributed by atoms with Crippen LogP contribution in [0.25, 0.3) is 0 Å². The monoisotopic (exact) mass is 408 g/mol. The van der Waals surface area contributed by atoms with Crippen LogP contribution in [0.15, 0.2) is 33.7 Å². The SMILES string of the molecule is CON(C)S(=O)(=O)c1cccc(C(=O)NC(c2nc(C3CC3)no2)C(C)C)c1. The average molecular weight is 408 g/mol. The maximum atomic E-state index is 12.8. The molecule has 0 spiro atoms. The largest absolute Gasteiger partial charge is 0.340 e. The summed E-state index contributed by atoms with van der Waals surface area (Å²) in [5.41, 5.74) is 0.207. The Morgan fingerprint density at radius 2 is 2.07 bits per heavy atom. The zero-order chi connectivity index (χ0) is 20.5. The molecule has 9 nitrogen and oxygen atoms in total. The molecule has 10 heteroatoms. The zero-order valence-electron chi connectivity index (χ0n) is 16.2. The van der Waals surface area contributed by atoms with Crippen LogP contribution in [-0.4, -0.2) is 43.1 Å². The lowest BCUT2D eigenvalue weighted by atomic mass is 10.0. The normalized spacial score (nSPS) is 15.8. The third kappa shape index (κ3) is 4.23. The number of sulfonamides is 1. The molecule has 1 unspecified atom stereocenters. The molecular weight excluding hydrogens is 384 g/mol. The first kappa shape index (κ1) is 20.4. The first-order valence-electron chi connectivity index (χ1n) is 9.01. The van der Waals surface area contributed by atoms with Crippen molar-refractivity contribution in [2.45, 2.75) is 43.5 Å². The van der Waals surface area contributed by atoms with Gasteiger partial charge in [-0.3, -0.25) is 9.63 Å². The smallest absolute Gasteiger partial charge is 0.264 e. The summed E-state index contributed by atoms with van der Waals surface area (Å²) in [5, 5.41) is 6.87. The Kier molecular flexibility index (Phi) is 5.82. The second kappa shape index (κ2) is 7.98. The van der Waals surface area contributed by atoms with Crippen LogP contribution < -0.4 is 5.32 Å². The van der Waals surface area contributed by atoms with Crippen molar-refractivity contribution in [3.63, 3.8) is 0 Å². The first-order chi connectivity index (χ1) is 13.2. The maximum absolute atomic E-state index is 12.8. The molecule has 0 saturated heterocycles. The second-order valence-corrected chi connectivity index (χ2v) is 9.02. The van der Waals surface area contributed by atoms with E-state index >= 15 is 0 Å². The number of carbonyl (C=O) groups is 1. The number of amides is 1. The van der Waals surface area contributed by atoms with E-state index in [1.807, 2.05) is 13.8 Å². The Morgan fingerprint density at radius 3 is 2.68 bits per heavy atom. The van der Waals surface area contributed by atoms with Gasteiger partial charge in [-0.1, -0.05) is 29.5 Å². The second-order valence-electron chi connectivity index (χ2n) is 7.09. The summed E-state index contributed by atoms with van der Waals surface area (Å²) in [7, 11) is -1.32. The summed E-state index contributed by atoms with van der Waals surface area (Å²) in [6, 6.07) is 5.28. The maximum Gasteiger partial charge on any atom is 0.264 e. The molecule has 0 bridgehead atoms. The lowest BCUT2D eigenvalue weighted by Crippen LogP contribution is -2.32. The van der Waals surface area contributed by atoms with Gasteiger partial charge in [-0.15, -0.1) is 0 Å². The lowest BCUT2D eigenvalue weighted by Gasteiger charge is -2.19. The lowest BCUT2D eigenvalue weighted by molar-refractivity contribution is -0.0258. The minimum absolute atomic E-state index is 0.00277. The number of benzene rings is 1. The van der Waals surface area contributed by atoms with E-state index in [0.29, 0.717) is 17.6 Å². The van der Waals surface area contributed by atoms with Crippen LogP contribution in [0.1, 0.15) is 60.7 Å². The number of hydroxylamine groups is 1. The minimum Gasteiger partial charge on any atom is -0.340 e. The number of nitrogens with one attached hydrogen (secondary N) is 1. The quantitative estimate of drug-likeness (QED) is 0.666. The molecule has 3 rings (SSSR count). The fourth-order valence-corrected chi connectivity index (χ4v) is 3.68. The first-order valence-corrected chi connectivity index (χ1v) is 10.5. The van der Waals surface area contributed by atoms with Crippen LogP contribution in [0.4, 0.5) is 0 Å². The van der Waals surface area contributed by atoms with Crippen molar-refractivity contribution < 1.29 is 22.6 Å². The van der Waals surface area contributed by atoms with Gasteiger partial charge in [-0.05, 0) is 37.0 Å². The highest BCUT2D eigenvalue weighted by atomic mass is 32.2. The molecule has 1 aromatic carbocycles. The van der Waals surface area contributed by atoms with Crippen LogP contribution in [0.5, 0.6) is 0 Å². The topological polar surface area (TPSA) is 115 Å². The fraction of sp³-hybridized carbons (Fsp3) is 0.500. The number of carbonyl (C=O) groups excluding carboxylic acids is 1. The number of hydrogen-bond acceptors (Lipinski definition) is 7. The van der Waals surface area contributed by atoms with Gasteiger partial charge in [0.05, 0.1) is 12.0 Å². The van der Waals surface area contributed by atoms with Crippen molar-refractivity contribution in [1.29, 1.82) is 0 Å². The summed E-state index contributed by atoms with van der Waals surface area (Å²) >= 11 is 0. The number of hydrogen-bond donors (Lipinski definition) is 1. The van der Waals surface area contributed by atoms with Crippen molar-refractivity contribution >= 4 is 15.9 Å². The van der Waals surface area contributed by atoms with Gasteiger partial charge in [0.25, 0.3) is 15.9 Å². The van der Waals surface area contributed by atoms with E-state index in [4.69, 9.17) is 9.36 Å². The Bertz CT molecular complexity index is 952. The molecule has 1 atom stereocenters. The molecule has 1 heterocycles. The van der Waals surface area contributed by atoms with Crippen molar-refractivity contribution in [3.8, 4) is 0 Å². The highest BCUT2D eigenvalue weighted by molar-refractivity contribution is 7.89. The Morgan fingerprint density at radius 1 is 1.36 bits per heavy atom. The van der Waals surface area contributed by atoms with E-state index in [1.165, 1.54) is 32.4 Å². The molecule has 1 saturated carbocycles. The van der Waals surface area contributed by atoms with Gasteiger partial charge in [-0.25, -0.2) is 8.42 Å². The molecule has 1 aliphatic rings. The van der Waals surface area contributed by atoms with E-state index in [2.05, 4.69) is 15.5 Å². The summed E-state index contributed by atoms with van der Waals surface area (Å²) in [5.74, 6) is 0.949. The van der Waals surface area contributed by atoms with E-state index in [9.17, 15) is 13.2 Å². The predicted octanol–water partition coefficient (Wildman–Crippen LogP) is 2.26. The minimum atomic E-state index is -3.85. The van der Waals surface area contributed by atoms with Gasteiger partial charge >= 0.3 is 0 Å². The summed E-state index contributed by atoms with van der Waals surface area (Å²) in [6.07, 6.45) is 2.10. The molecular formula is C18H24N4O5S. The van der Waals surface area contributed by atoms with Gasteiger partial charge in [0.15, 0.2) is 5.82 Å². The molecule has 152 valence electrons. The fourth-order valence-electron chi connectivity index (χ4n) is 2.66. The number of nitrogens with zero attached hydrogens (tertiary/aromatic N) is 3. The molecule has 0 aliphatic heterocycles. The Hall–Kier alpha value is -2.30. The van der Waals surface area contributed by atoms with Crippen LogP contribution in [-0.2, 0) is 14.9 Å². The van der Waals surface area contributed by atoms with Crippen molar-refractivity contribution in [2.24, 2.45) is 5.92 Å². The van der Waals surface area contributed by atoms with E-state index in [0.717, 1.165) is 17.3 Å². The molecule has 28 heavy (non-hydrogen) atoms. The highest BCUT2D eigenvalue weighted by Crippen LogP contribution is 2.38. The molecule has 1 aromatic heterocycles. The summed E-state index contributed by atoms with van der Waals surface area (Å²) in [6.45, 7) is 3.86. The summed E-state index contributed by atoms with van der Waals surface area (Å²) < 4.78 is 30.9. The van der Waals surface area contributed by atoms with E-state index in [-0.39, 0.29) is 16.4 Å². The molecule has 2 aromatic rings. The zero-order valence-corrected chi connectivity index (χ0v) is 17.1. The number of rotatable bonds is 8. The third-order valence-corrected chi connectivity index (χ3v) is 6.28. The van der Waals surface area contributed by atoms with Crippen LogP contribution in [0.3, 0.4) is 0 Å². The van der Waals surface area contributed by atoms with Gasteiger partial charge in [0, 0.05) is 18.5 Å². The molecule has 1 fully saturated rings. The molecule has 1 amide bonds. The van der Waals surface area contributed by atoms with Gasteiger partial charge in [0.1, 0.15) is 6.04 Å². The summed E-state index contributed by atoms with van der Waals surface area (Å²) in [4.78, 5) is 21.9. The van der Waals surface area contributed by atoms with Crippen molar-refractivity contribution in [1.82, 2.24) is 19.9 Å². The molecule has 0 radical (unpaired) electrons. The predicted molar refractivity (Wildman–Crippen MR) is 99.7 cm³/mol. The van der Waals surface area contributed by atoms with Gasteiger partial charge < -0.3 is 9.84 Å². The Labute approximate surface area is 164 Å². The van der Waals surface area contributed by atoms with Crippen LogP contribution in [0.2, 0.25) is 0 Å². The standard InChI is InChI=1S/C18H24N4O5S/c1-11(2)15(18-20-16(21-27-18)12-8-9-12)19-17(23)13-6-5-7-14(10-13)28(24,25)22(3)26-4/h5-7,10-12,15H,8-9H2,1-4H3,(H,19,23). The third-order valence-electron chi connectivity index (χ3n) is 4.61. The Balaban J connectivity index is 1.81. The van der Waals surface area contributed by atoms with E-state index in [1.54, 1.807) is 6.07 Å². The van der Waals surface area contributed by atoms with E-state index < -0.39 is 22.0 Å². The van der Waals surface area contributed by atoms with Gasteiger partial charge in [-0.2, -0.15) is 4.98 Å². The van der Waals surface area contributed by atoms with Crippen molar-refractivity contribution in [3.05, 3.63) is 41.5 Å². The van der Waals surface area contributed by atoms with Crippen molar-refractivity contribution in [2.75, 3.05) is 14.2 Å².